The molecule has 0 spiro atoms. The fourth-order valence-corrected chi connectivity index (χ4v) is 2.41. The average molecular weight is 259 g/mol. The monoisotopic (exact) mass is 259 g/mol. The van der Waals surface area contributed by atoms with Gasteiger partial charge in [0.2, 0.25) is 0 Å². The van der Waals surface area contributed by atoms with Gasteiger partial charge in [0, 0.05) is 12.1 Å². The van der Waals surface area contributed by atoms with E-state index in [-0.39, 0.29) is 5.84 Å². The number of nitrogens with zero attached hydrogens (tertiary/aromatic N) is 1. The molecule has 0 heterocycles. The Kier molecular flexibility index (Phi) is 4.98. The second-order valence-corrected chi connectivity index (χ2v) is 4.82. The number of nitrogens with two attached hydrogens (primary N) is 1. The van der Waals surface area contributed by atoms with E-state index in [2.05, 4.69) is 16.5 Å². The van der Waals surface area contributed by atoms with Gasteiger partial charge < -0.3 is 16.3 Å². The maximum Gasteiger partial charge on any atom is 0.170 e. The van der Waals surface area contributed by atoms with Crippen LogP contribution in [0.3, 0.4) is 0 Å². The highest BCUT2D eigenvalue weighted by Crippen LogP contribution is 2.19. The number of benzene rings is 1. The van der Waals surface area contributed by atoms with Crippen LogP contribution in [0.1, 0.15) is 36.8 Å². The molecule has 2 rings (SSSR count). The standard InChI is InChI=1S/C15H21N3O/c16-15(18-19)14-8-4-3-7-13(14)11-17-10-9-12-5-1-2-6-12/h3-5,7-8,17,19H,1-2,6,9-11H2,(H2,16,18). The molecule has 1 aliphatic carbocycles. The molecule has 1 aromatic rings. The Morgan fingerprint density at radius 1 is 1.37 bits per heavy atom. The molecule has 0 saturated carbocycles. The molecular weight excluding hydrogens is 238 g/mol. The molecule has 1 aliphatic rings. The Morgan fingerprint density at radius 2 is 2.21 bits per heavy atom. The first kappa shape index (κ1) is 13.6. The van der Waals surface area contributed by atoms with Gasteiger partial charge >= 0.3 is 0 Å². The lowest BCUT2D eigenvalue weighted by atomic mass is 10.1. The number of allylic oxidation sites excluding steroid dienone is 1. The van der Waals surface area contributed by atoms with Crippen molar-refractivity contribution in [2.45, 2.75) is 32.2 Å². The molecule has 0 saturated heterocycles. The molecular formula is C15H21N3O. The first-order valence-corrected chi connectivity index (χ1v) is 6.75. The summed E-state index contributed by atoms with van der Waals surface area (Å²) in [5.41, 5.74) is 9.07. The minimum absolute atomic E-state index is 0.163. The Labute approximate surface area is 114 Å². The van der Waals surface area contributed by atoms with Crippen molar-refractivity contribution >= 4 is 5.84 Å². The van der Waals surface area contributed by atoms with Crippen LogP contribution in [0.25, 0.3) is 0 Å². The van der Waals surface area contributed by atoms with E-state index >= 15 is 0 Å². The predicted octanol–water partition coefficient (Wildman–Crippen LogP) is 2.37. The number of amidine groups is 1. The largest absolute Gasteiger partial charge is 0.409 e. The van der Waals surface area contributed by atoms with Crippen LogP contribution >= 0.6 is 0 Å². The topological polar surface area (TPSA) is 70.6 Å². The quantitative estimate of drug-likeness (QED) is 0.183. The van der Waals surface area contributed by atoms with Crippen molar-refractivity contribution in [1.82, 2.24) is 5.32 Å². The van der Waals surface area contributed by atoms with E-state index < -0.39 is 0 Å². The highest BCUT2D eigenvalue weighted by Gasteiger charge is 2.06. The Morgan fingerprint density at radius 3 is 2.95 bits per heavy atom. The molecule has 0 aromatic heterocycles. The SMILES string of the molecule is N/C(=N/O)c1ccccc1CNCCC1=CCCC1. The summed E-state index contributed by atoms with van der Waals surface area (Å²) < 4.78 is 0. The van der Waals surface area contributed by atoms with Crippen molar-refractivity contribution in [3.05, 3.63) is 47.0 Å². The van der Waals surface area contributed by atoms with Gasteiger partial charge in [-0.15, -0.1) is 0 Å². The molecule has 0 radical (unpaired) electrons. The van der Waals surface area contributed by atoms with Gasteiger partial charge in [-0.05, 0) is 37.8 Å². The molecule has 102 valence electrons. The normalized spacial score (nSPS) is 15.6. The molecule has 4 N–H and O–H groups in total. The number of rotatable bonds is 6. The molecule has 0 aliphatic heterocycles. The smallest absolute Gasteiger partial charge is 0.170 e. The van der Waals surface area contributed by atoms with Gasteiger partial charge in [-0.1, -0.05) is 41.1 Å². The van der Waals surface area contributed by atoms with Crippen molar-refractivity contribution in [3.63, 3.8) is 0 Å². The van der Waals surface area contributed by atoms with Gasteiger partial charge in [-0.25, -0.2) is 0 Å². The molecule has 0 fully saturated rings. The van der Waals surface area contributed by atoms with Gasteiger partial charge in [0.1, 0.15) is 0 Å². The molecule has 19 heavy (non-hydrogen) atoms. The van der Waals surface area contributed by atoms with E-state index in [4.69, 9.17) is 10.9 Å². The zero-order valence-electron chi connectivity index (χ0n) is 11.1. The summed E-state index contributed by atoms with van der Waals surface area (Å²) >= 11 is 0. The number of nitrogens with one attached hydrogen (secondary N) is 1. The van der Waals surface area contributed by atoms with Crippen molar-refractivity contribution in [2.24, 2.45) is 10.9 Å². The van der Waals surface area contributed by atoms with Gasteiger partial charge in [0.05, 0.1) is 0 Å². The van der Waals surface area contributed by atoms with Crippen molar-refractivity contribution in [1.29, 1.82) is 0 Å². The van der Waals surface area contributed by atoms with Crippen LogP contribution in [-0.2, 0) is 6.54 Å². The van der Waals surface area contributed by atoms with Gasteiger partial charge in [-0.2, -0.15) is 0 Å². The number of hydrogen-bond donors (Lipinski definition) is 3. The highest BCUT2D eigenvalue weighted by molar-refractivity contribution is 5.98. The zero-order valence-corrected chi connectivity index (χ0v) is 11.1. The molecule has 4 heteroatoms. The first-order chi connectivity index (χ1) is 9.31. The Hall–Kier alpha value is -1.81. The van der Waals surface area contributed by atoms with Crippen LogP contribution in [0.5, 0.6) is 0 Å². The van der Waals surface area contributed by atoms with Gasteiger partial charge in [0.15, 0.2) is 5.84 Å². The van der Waals surface area contributed by atoms with E-state index in [0.29, 0.717) is 0 Å². The predicted molar refractivity (Wildman–Crippen MR) is 77.2 cm³/mol. The van der Waals surface area contributed by atoms with Gasteiger partial charge in [-0.3, -0.25) is 0 Å². The van der Waals surface area contributed by atoms with Crippen LogP contribution < -0.4 is 11.1 Å². The van der Waals surface area contributed by atoms with Crippen molar-refractivity contribution in [3.8, 4) is 0 Å². The fraction of sp³-hybridized carbons (Fsp3) is 0.400. The molecule has 0 amide bonds. The number of hydrogen-bond acceptors (Lipinski definition) is 3. The van der Waals surface area contributed by atoms with E-state index in [1.54, 1.807) is 5.57 Å². The molecule has 1 aromatic carbocycles. The van der Waals surface area contributed by atoms with E-state index in [0.717, 1.165) is 30.6 Å². The van der Waals surface area contributed by atoms with Crippen LogP contribution in [0.4, 0.5) is 0 Å². The summed E-state index contributed by atoms with van der Waals surface area (Å²) in [5.74, 6) is 0.163. The second-order valence-electron chi connectivity index (χ2n) is 4.82. The minimum atomic E-state index is 0.163. The second kappa shape index (κ2) is 6.95. The van der Waals surface area contributed by atoms with Crippen LogP contribution in [0, 0.1) is 0 Å². The third kappa shape index (κ3) is 3.83. The van der Waals surface area contributed by atoms with E-state index in [1.807, 2.05) is 24.3 Å². The zero-order chi connectivity index (χ0) is 13.5. The summed E-state index contributed by atoms with van der Waals surface area (Å²) in [7, 11) is 0. The molecule has 4 nitrogen and oxygen atoms in total. The fourth-order valence-electron chi connectivity index (χ4n) is 2.41. The van der Waals surface area contributed by atoms with Crippen LogP contribution in [-0.4, -0.2) is 17.6 Å². The average Bonchev–Trinajstić information content (AvgIpc) is 2.96. The molecule has 0 unspecified atom stereocenters. The highest BCUT2D eigenvalue weighted by atomic mass is 16.4. The number of oxime groups is 1. The first-order valence-electron chi connectivity index (χ1n) is 6.75. The minimum Gasteiger partial charge on any atom is -0.409 e. The maximum atomic E-state index is 8.76. The summed E-state index contributed by atoms with van der Waals surface area (Å²) in [6, 6.07) is 7.71. The lowest BCUT2D eigenvalue weighted by Gasteiger charge is -2.09. The van der Waals surface area contributed by atoms with Crippen LogP contribution in [0.2, 0.25) is 0 Å². The third-order valence-corrected chi connectivity index (χ3v) is 3.47. The van der Waals surface area contributed by atoms with Crippen molar-refractivity contribution in [2.75, 3.05) is 6.54 Å². The van der Waals surface area contributed by atoms with Crippen LogP contribution in [0.15, 0.2) is 41.1 Å². The lowest BCUT2D eigenvalue weighted by Crippen LogP contribution is -2.20. The van der Waals surface area contributed by atoms with E-state index in [9.17, 15) is 0 Å². The van der Waals surface area contributed by atoms with Crippen molar-refractivity contribution < 1.29 is 5.21 Å². The summed E-state index contributed by atoms with van der Waals surface area (Å²) in [4.78, 5) is 0. The summed E-state index contributed by atoms with van der Waals surface area (Å²) in [6.07, 6.45) is 7.27. The molecule has 0 bridgehead atoms. The van der Waals surface area contributed by atoms with Gasteiger partial charge in [0.25, 0.3) is 0 Å². The third-order valence-electron chi connectivity index (χ3n) is 3.47. The Balaban J connectivity index is 1.85. The molecule has 0 atom stereocenters. The summed E-state index contributed by atoms with van der Waals surface area (Å²) in [5, 5.41) is 15.2. The van der Waals surface area contributed by atoms with E-state index in [1.165, 1.54) is 19.3 Å². The Bertz CT molecular complexity index is 480. The summed E-state index contributed by atoms with van der Waals surface area (Å²) in [6.45, 7) is 1.70. The lowest BCUT2D eigenvalue weighted by molar-refractivity contribution is 0.318. The maximum absolute atomic E-state index is 8.76.